The third-order valence-electron chi connectivity index (χ3n) is 5.25. The Hall–Kier alpha value is -1.43. The smallest absolute Gasteiger partial charge is 0.237 e. The summed E-state index contributed by atoms with van der Waals surface area (Å²) in [7, 11) is 0. The molecule has 5 heteroatoms. The summed E-state index contributed by atoms with van der Waals surface area (Å²) in [6.45, 7) is 12.0. The second-order valence-electron chi connectivity index (χ2n) is 7.22. The fraction of sp³-hybridized carbons (Fsp3) is 0.650. The first-order valence-corrected chi connectivity index (χ1v) is 9.40. The van der Waals surface area contributed by atoms with Gasteiger partial charge in [-0.25, -0.2) is 0 Å². The van der Waals surface area contributed by atoms with Crippen LogP contribution in [0, 0.1) is 6.92 Å². The Balaban J connectivity index is 1.88. The third kappa shape index (κ3) is 5.53. The number of benzene rings is 1. The number of amides is 1. The number of hydrogen-bond acceptors (Lipinski definition) is 4. The average Bonchev–Trinajstić information content (AvgIpc) is 2.60. The van der Waals surface area contributed by atoms with Gasteiger partial charge in [-0.15, -0.1) is 0 Å². The number of aryl methyl sites for hydroxylation is 1. The molecule has 1 fully saturated rings. The van der Waals surface area contributed by atoms with Crippen molar-refractivity contribution in [1.82, 2.24) is 15.1 Å². The molecule has 0 aromatic heterocycles. The summed E-state index contributed by atoms with van der Waals surface area (Å²) in [5.41, 5.74) is 2.37. The number of hydrogen-bond donors (Lipinski definition) is 2. The Labute approximate surface area is 152 Å². The number of piperazine rings is 1. The highest BCUT2D eigenvalue weighted by atomic mass is 16.3. The Morgan fingerprint density at radius 1 is 1.32 bits per heavy atom. The minimum absolute atomic E-state index is 0.0853. The summed E-state index contributed by atoms with van der Waals surface area (Å²) in [5.74, 6) is 0.0853. The third-order valence-corrected chi connectivity index (χ3v) is 5.25. The highest BCUT2D eigenvalue weighted by Gasteiger charge is 2.31. The van der Waals surface area contributed by atoms with Gasteiger partial charge in [0.15, 0.2) is 0 Å². The van der Waals surface area contributed by atoms with Crippen LogP contribution in [0.3, 0.4) is 0 Å². The number of carbonyl (C=O) groups excluding carboxylic acids is 1. The fourth-order valence-electron chi connectivity index (χ4n) is 3.54. The number of β-amino-alcohol motifs (C(OH)–C–C–N with tert-alkyl or cyclic N) is 1. The quantitative estimate of drug-likeness (QED) is 0.789. The van der Waals surface area contributed by atoms with Crippen LogP contribution >= 0.6 is 0 Å². The standard InChI is InChI=1S/C20H33N3O2/c1-5-19-14-22(10-11-23(19)13-16(3)24)17(4)20(25)21-12-18-9-7-6-8-15(18)2/h6-9,16-17,19,24H,5,10-14H2,1-4H3,(H,21,25). The molecule has 0 spiro atoms. The molecule has 0 bridgehead atoms. The second-order valence-corrected chi connectivity index (χ2v) is 7.22. The lowest BCUT2D eigenvalue weighted by Gasteiger charge is -2.43. The minimum atomic E-state index is -0.310. The van der Waals surface area contributed by atoms with E-state index >= 15 is 0 Å². The topological polar surface area (TPSA) is 55.8 Å². The zero-order chi connectivity index (χ0) is 18.4. The largest absolute Gasteiger partial charge is 0.392 e. The van der Waals surface area contributed by atoms with E-state index in [1.807, 2.05) is 26.0 Å². The van der Waals surface area contributed by atoms with Crippen LogP contribution in [-0.2, 0) is 11.3 Å². The number of aliphatic hydroxyl groups is 1. The van der Waals surface area contributed by atoms with E-state index in [1.54, 1.807) is 0 Å². The van der Waals surface area contributed by atoms with Crippen LogP contribution in [0.1, 0.15) is 38.3 Å². The molecule has 0 aliphatic carbocycles. The highest BCUT2D eigenvalue weighted by Crippen LogP contribution is 2.16. The van der Waals surface area contributed by atoms with E-state index in [-0.39, 0.29) is 18.1 Å². The molecule has 140 valence electrons. The van der Waals surface area contributed by atoms with Crippen molar-refractivity contribution in [2.45, 2.75) is 58.8 Å². The summed E-state index contributed by atoms with van der Waals surface area (Å²) < 4.78 is 0. The van der Waals surface area contributed by atoms with Gasteiger partial charge in [-0.2, -0.15) is 0 Å². The maximum atomic E-state index is 12.6. The molecule has 0 radical (unpaired) electrons. The van der Waals surface area contributed by atoms with Crippen LogP contribution in [0.4, 0.5) is 0 Å². The first-order chi connectivity index (χ1) is 11.9. The van der Waals surface area contributed by atoms with Crippen molar-refractivity contribution >= 4 is 5.91 Å². The Morgan fingerprint density at radius 2 is 2.04 bits per heavy atom. The molecule has 1 aliphatic rings. The number of nitrogens with zero attached hydrogens (tertiary/aromatic N) is 2. The minimum Gasteiger partial charge on any atom is -0.392 e. The summed E-state index contributed by atoms with van der Waals surface area (Å²) >= 11 is 0. The molecule has 5 nitrogen and oxygen atoms in total. The monoisotopic (exact) mass is 347 g/mol. The first kappa shape index (κ1) is 19.9. The number of nitrogens with one attached hydrogen (secondary N) is 1. The lowest BCUT2D eigenvalue weighted by molar-refractivity contribution is -0.127. The molecular weight excluding hydrogens is 314 g/mol. The molecule has 25 heavy (non-hydrogen) atoms. The molecule has 1 aromatic rings. The van der Waals surface area contributed by atoms with Crippen LogP contribution in [-0.4, -0.2) is 65.2 Å². The van der Waals surface area contributed by atoms with Crippen LogP contribution in [0.2, 0.25) is 0 Å². The predicted octanol–water partition coefficient (Wildman–Crippen LogP) is 1.78. The SMILES string of the molecule is CCC1CN(C(C)C(=O)NCc2ccccc2C)CCN1CC(C)O. The van der Waals surface area contributed by atoms with Gasteiger partial charge in [-0.1, -0.05) is 31.2 Å². The summed E-state index contributed by atoms with van der Waals surface area (Å²) in [4.78, 5) is 17.2. The first-order valence-electron chi connectivity index (χ1n) is 9.40. The average molecular weight is 348 g/mol. The number of rotatable bonds is 7. The summed E-state index contributed by atoms with van der Waals surface area (Å²) in [5, 5.41) is 12.7. The Morgan fingerprint density at radius 3 is 2.68 bits per heavy atom. The van der Waals surface area contributed by atoms with Gasteiger partial charge in [-0.05, 0) is 38.3 Å². The molecule has 3 atom stereocenters. The maximum absolute atomic E-state index is 12.6. The molecule has 1 heterocycles. The molecule has 2 rings (SSSR count). The van der Waals surface area contributed by atoms with E-state index < -0.39 is 0 Å². The van der Waals surface area contributed by atoms with Gasteiger partial charge in [0.05, 0.1) is 12.1 Å². The van der Waals surface area contributed by atoms with E-state index in [4.69, 9.17) is 0 Å². The summed E-state index contributed by atoms with van der Waals surface area (Å²) in [6, 6.07) is 8.41. The Bertz CT molecular complexity index is 562. The Kier molecular flexibility index (Phi) is 7.41. The van der Waals surface area contributed by atoms with E-state index in [2.05, 4.69) is 41.1 Å². The van der Waals surface area contributed by atoms with Gasteiger partial charge in [0, 0.05) is 38.8 Å². The molecule has 1 aromatic carbocycles. The number of carbonyl (C=O) groups is 1. The van der Waals surface area contributed by atoms with Crippen molar-refractivity contribution in [2.75, 3.05) is 26.2 Å². The molecule has 1 saturated heterocycles. The van der Waals surface area contributed by atoms with Crippen LogP contribution in [0.5, 0.6) is 0 Å². The molecule has 1 aliphatic heterocycles. The second kappa shape index (κ2) is 9.32. The molecule has 2 N–H and O–H groups in total. The predicted molar refractivity (Wildman–Crippen MR) is 101 cm³/mol. The number of aliphatic hydroxyl groups excluding tert-OH is 1. The van der Waals surface area contributed by atoms with Gasteiger partial charge in [-0.3, -0.25) is 14.6 Å². The van der Waals surface area contributed by atoms with Crippen molar-refractivity contribution in [3.63, 3.8) is 0 Å². The van der Waals surface area contributed by atoms with Gasteiger partial charge < -0.3 is 10.4 Å². The van der Waals surface area contributed by atoms with Crippen molar-refractivity contribution in [3.8, 4) is 0 Å². The summed E-state index contributed by atoms with van der Waals surface area (Å²) in [6.07, 6.45) is 0.719. The fourth-order valence-corrected chi connectivity index (χ4v) is 3.54. The van der Waals surface area contributed by atoms with E-state index in [0.717, 1.165) is 31.6 Å². The highest BCUT2D eigenvalue weighted by molar-refractivity contribution is 5.81. The van der Waals surface area contributed by atoms with Crippen LogP contribution in [0.15, 0.2) is 24.3 Å². The van der Waals surface area contributed by atoms with Gasteiger partial charge in [0.2, 0.25) is 5.91 Å². The van der Waals surface area contributed by atoms with Crippen LogP contribution in [0.25, 0.3) is 0 Å². The molecule has 1 amide bonds. The maximum Gasteiger partial charge on any atom is 0.237 e. The zero-order valence-corrected chi connectivity index (χ0v) is 16.0. The van der Waals surface area contributed by atoms with Crippen LogP contribution < -0.4 is 5.32 Å². The van der Waals surface area contributed by atoms with Gasteiger partial charge >= 0.3 is 0 Å². The van der Waals surface area contributed by atoms with E-state index in [0.29, 0.717) is 19.1 Å². The normalized spacial score (nSPS) is 21.7. The van der Waals surface area contributed by atoms with Crippen molar-refractivity contribution < 1.29 is 9.90 Å². The zero-order valence-electron chi connectivity index (χ0n) is 16.0. The molecular formula is C20H33N3O2. The van der Waals surface area contributed by atoms with E-state index in [9.17, 15) is 9.90 Å². The lowest BCUT2D eigenvalue weighted by Crippen LogP contribution is -2.58. The van der Waals surface area contributed by atoms with E-state index in [1.165, 1.54) is 5.56 Å². The van der Waals surface area contributed by atoms with Crippen molar-refractivity contribution in [3.05, 3.63) is 35.4 Å². The van der Waals surface area contributed by atoms with Gasteiger partial charge in [0.25, 0.3) is 0 Å². The van der Waals surface area contributed by atoms with Gasteiger partial charge in [0.1, 0.15) is 0 Å². The molecule has 0 saturated carbocycles. The molecule has 3 unspecified atom stereocenters. The van der Waals surface area contributed by atoms with Crippen molar-refractivity contribution in [2.24, 2.45) is 0 Å². The van der Waals surface area contributed by atoms with Crippen molar-refractivity contribution in [1.29, 1.82) is 0 Å². The lowest BCUT2D eigenvalue weighted by atomic mass is 10.1.